The molecule has 3 rings (SSSR count). The van der Waals surface area contributed by atoms with Gasteiger partial charge in [0.05, 0.1) is 18.2 Å². The summed E-state index contributed by atoms with van der Waals surface area (Å²) < 4.78 is 17.5. The Kier molecular flexibility index (Phi) is 8.97. The van der Waals surface area contributed by atoms with Gasteiger partial charge in [-0.2, -0.15) is 5.26 Å². The minimum atomic E-state index is 0.399. The van der Waals surface area contributed by atoms with E-state index in [0.717, 1.165) is 23.3 Å². The highest BCUT2D eigenvalue weighted by Gasteiger charge is 2.08. The van der Waals surface area contributed by atoms with Crippen molar-refractivity contribution in [2.24, 2.45) is 0 Å². The minimum absolute atomic E-state index is 0.399. The SMILES string of the molecule is CCOc1cc(/C=C(/C#N)c2ccccc2)ccc1OCCOc1ccc([C@H](C)CC)cc1. The Morgan fingerprint density at radius 3 is 2.27 bits per heavy atom. The van der Waals surface area contributed by atoms with Crippen molar-refractivity contribution >= 4 is 11.6 Å². The zero-order valence-corrected chi connectivity index (χ0v) is 19.6. The van der Waals surface area contributed by atoms with E-state index in [-0.39, 0.29) is 0 Å². The third-order valence-electron chi connectivity index (χ3n) is 5.45. The molecule has 3 aromatic carbocycles. The predicted octanol–water partition coefficient (Wildman–Crippen LogP) is 7.12. The molecule has 0 bridgehead atoms. The van der Waals surface area contributed by atoms with Gasteiger partial charge in [-0.15, -0.1) is 0 Å². The van der Waals surface area contributed by atoms with Crippen molar-refractivity contribution in [3.8, 4) is 23.3 Å². The fourth-order valence-corrected chi connectivity index (χ4v) is 3.41. The summed E-state index contributed by atoms with van der Waals surface area (Å²) in [6, 6.07) is 25.8. The lowest BCUT2D eigenvalue weighted by Crippen LogP contribution is -2.10. The van der Waals surface area contributed by atoms with Crippen molar-refractivity contribution in [3.63, 3.8) is 0 Å². The van der Waals surface area contributed by atoms with E-state index < -0.39 is 0 Å². The summed E-state index contributed by atoms with van der Waals surface area (Å²) in [5.41, 5.74) is 3.68. The Morgan fingerprint density at radius 2 is 1.61 bits per heavy atom. The molecule has 0 amide bonds. The van der Waals surface area contributed by atoms with E-state index in [9.17, 15) is 5.26 Å². The molecule has 33 heavy (non-hydrogen) atoms. The maximum Gasteiger partial charge on any atom is 0.161 e. The van der Waals surface area contributed by atoms with Gasteiger partial charge in [0.15, 0.2) is 11.5 Å². The number of nitrogens with zero attached hydrogens (tertiary/aromatic N) is 1. The van der Waals surface area contributed by atoms with Gasteiger partial charge in [-0.3, -0.25) is 0 Å². The van der Waals surface area contributed by atoms with Crippen LogP contribution in [0.1, 0.15) is 49.8 Å². The molecule has 1 atom stereocenters. The Labute approximate surface area is 197 Å². The number of ether oxygens (including phenoxy) is 3. The monoisotopic (exact) mass is 441 g/mol. The number of hydrogen-bond acceptors (Lipinski definition) is 4. The van der Waals surface area contributed by atoms with Crippen molar-refractivity contribution in [2.45, 2.75) is 33.1 Å². The second kappa shape index (κ2) is 12.4. The lowest BCUT2D eigenvalue weighted by Gasteiger charge is -2.14. The molecule has 0 aliphatic heterocycles. The van der Waals surface area contributed by atoms with Gasteiger partial charge in [-0.05, 0) is 66.3 Å². The first-order chi connectivity index (χ1) is 16.1. The third kappa shape index (κ3) is 6.89. The molecule has 0 spiro atoms. The maximum absolute atomic E-state index is 9.57. The van der Waals surface area contributed by atoms with E-state index in [1.165, 1.54) is 5.56 Å². The van der Waals surface area contributed by atoms with Crippen molar-refractivity contribution in [1.29, 1.82) is 5.26 Å². The Bertz CT molecular complexity index is 1080. The average molecular weight is 442 g/mol. The number of hydrogen-bond donors (Lipinski definition) is 0. The normalized spacial score (nSPS) is 12.0. The average Bonchev–Trinajstić information content (AvgIpc) is 2.86. The molecule has 170 valence electrons. The summed E-state index contributed by atoms with van der Waals surface area (Å²) in [7, 11) is 0. The molecule has 0 heterocycles. The van der Waals surface area contributed by atoms with Crippen LogP contribution in [-0.2, 0) is 0 Å². The van der Waals surface area contributed by atoms with Crippen LogP contribution in [0.5, 0.6) is 17.2 Å². The molecule has 0 fully saturated rings. The highest BCUT2D eigenvalue weighted by Crippen LogP contribution is 2.30. The summed E-state index contributed by atoms with van der Waals surface area (Å²) in [6.07, 6.45) is 2.97. The molecular weight excluding hydrogens is 410 g/mol. The Balaban J connectivity index is 1.62. The van der Waals surface area contributed by atoms with E-state index in [1.54, 1.807) is 0 Å². The van der Waals surface area contributed by atoms with Crippen molar-refractivity contribution in [3.05, 3.63) is 89.5 Å². The van der Waals surface area contributed by atoms with Gasteiger partial charge in [-0.1, -0.05) is 62.4 Å². The minimum Gasteiger partial charge on any atom is -0.490 e. The van der Waals surface area contributed by atoms with Gasteiger partial charge in [0, 0.05) is 0 Å². The van der Waals surface area contributed by atoms with E-state index in [2.05, 4.69) is 32.0 Å². The summed E-state index contributed by atoms with van der Waals surface area (Å²) in [5, 5.41) is 9.57. The lowest BCUT2D eigenvalue weighted by atomic mass is 9.99. The van der Waals surface area contributed by atoms with Gasteiger partial charge >= 0.3 is 0 Å². The fourth-order valence-electron chi connectivity index (χ4n) is 3.41. The van der Waals surface area contributed by atoms with E-state index >= 15 is 0 Å². The van der Waals surface area contributed by atoms with E-state index in [4.69, 9.17) is 14.2 Å². The van der Waals surface area contributed by atoms with Crippen LogP contribution in [0.3, 0.4) is 0 Å². The first kappa shape index (κ1) is 23.9. The first-order valence-electron chi connectivity index (χ1n) is 11.4. The number of nitriles is 1. The second-order valence-corrected chi connectivity index (χ2v) is 7.75. The van der Waals surface area contributed by atoms with Crippen LogP contribution in [0, 0.1) is 11.3 Å². The van der Waals surface area contributed by atoms with Gasteiger partial charge in [0.2, 0.25) is 0 Å². The largest absolute Gasteiger partial charge is 0.490 e. The van der Waals surface area contributed by atoms with Crippen molar-refractivity contribution < 1.29 is 14.2 Å². The maximum atomic E-state index is 9.57. The van der Waals surface area contributed by atoms with Crippen LogP contribution in [0.15, 0.2) is 72.8 Å². The van der Waals surface area contributed by atoms with Crippen LogP contribution in [0.2, 0.25) is 0 Å². The molecule has 0 saturated carbocycles. The fraction of sp³-hybridized carbons (Fsp3) is 0.276. The predicted molar refractivity (Wildman–Crippen MR) is 134 cm³/mol. The number of benzene rings is 3. The molecule has 0 aromatic heterocycles. The van der Waals surface area contributed by atoms with Gasteiger partial charge in [0.25, 0.3) is 0 Å². The first-order valence-corrected chi connectivity index (χ1v) is 11.4. The molecule has 0 radical (unpaired) electrons. The van der Waals surface area contributed by atoms with Crippen LogP contribution in [-0.4, -0.2) is 19.8 Å². The molecule has 3 aromatic rings. The van der Waals surface area contributed by atoms with Crippen LogP contribution in [0.4, 0.5) is 0 Å². The van der Waals surface area contributed by atoms with Crippen molar-refractivity contribution in [2.75, 3.05) is 19.8 Å². The molecule has 0 N–H and O–H groups in total. The highest BCUT2D eigenvalue weighted by molar-refractivity contribution is 5.89. The molecule has 4 heteroatoms. The smallest absolute Gasteiger partial charge is 0.161 e. The molecule has 4 nitrogen and oxygen atoms in total. The van der Waals surface area contributed by atoms with Crippen molar-refractivity contribution in [1.82, 2.24) is 0 Å². The highest BCUT2D eigenvalue weighted by atomic mass is 16.5. The summed E-state index contributed by atoms with van der Waals surface area (Å²) >= 11 is 0. The van der Waals surface area contributed by atoms with Crippen LogP contribution in [0.25, 0.3) is 11.6 Å². The number of allylic oxidation sites excluding steroid dienone is 1. The summed E-state index contributed by atoms with van der Waals surface area (Å²) in [5.74, 6) is 2.69. The molecule has 0 aliphatic rings. The van der Waals surface area contributed by atoms with E-state index in [1.807, 2.05) is 73.7 Å². The van der Waals surface area contributed by atoms with Gasteiger partial charge < -0.3 is 14.2 Å². The quantitative estimate of drug-likeness (QED) is 0.181. The molecular formula is C29H31NO3. The zero-order chi connectivity index (χ0) is 23.5. The zero-order valence-electron chi connectivity index (χ0n) is 19.6. The lowest BCUT2D eigenvalue weighted by molar-refractivity contribution is 0.208. The topological polar surface area (TPSA) is 51.5 Å². The summed E-state index contributed by atoms with van der Waals surface area (Å²) in [4.78, 5) is 0. The molecule has 0 aliphatic carbocycles. The number of rotatable bonds is 11. The van der Waals surface area contributed by atoms with Crippen LogP contribution >= 0.6 is 0 Å². The Hall–Kier alpha value is -3.71. The van der Waals surface area contributed by atoms with E-state index in [0.29, 0.717) is 42.8 Å². The Morgan fingerprint density at radius 1 is 0.879 bits per heavy atom. The molecule has 0 saturated heterocycles. The standard InChI is InChI=1S/C29H31NO3/c1-4-22(3)24-12-14-27(15-13-24)32-17-18-33-28-16-11-23(20-29(28)31-5-2)19-26(21-30)25-9-7-6-8-10-25/h6-16,19-20,22H,4-5,17-18H2,1-3H3/b26-19-/t22-/m1/s1. The van der Waals surface area contributed by atoms with Crippen LogP contribution < -0.4 is 14.2 Å². The second-order valence-electron chi connectivity index (χ2n) is 7.75. The van der Waals surface area contributed by atoms with Gasteiger partial charge in [0.1, 0.15) is 19.0 Å². The van der Waals surface area contributed by atoms with Gasteiger partial charge in [-0.25, -0.2) is 0 Å². The third-order valence-corrected chi connectivity index (χ3v) is 5.45. The molecule has 0 unspecified atom stereocenters. The summed E-state index contributed by atoms with van der Waals surface area (Å²) in [6.45, 7) is 7.70.